The van der Waals surface area contributed by atoms with Crippen molar-refractivity contribution < 1.29 is 13.2 Å². The summed E-state index contributed by atoms with van der Waals surface area (Å²) >= 11 is 0. The van der Waals surface area contributed by atoms with Crippen molar-refractivity contribution in [3.8, 4) is 0 Å². The van der Waals surface area contributed by atoms with E-state index in [0.717, 1.165) is 10.2 Å². The van der Waals surface area contributed by atoms with Gasteiger partial charge in [0.1, 0.15) is 0 Å². The van der Waals surface area contributed by atoms with Gasteiger partial charge in [-0.15, -0.1) is 0 Å². The van der Waals surface area contributed by atoms with Crippen molar-refractivity contribution in [1.29, 1.82) is 0 Å². The quantitative estimate of drug-likeness (QED) is 0.899. The predicted molar refractivity (Wildman–Crippen MR) is 57.4 cm³/mol. The van der Waals surface area contributed by atoms with Gasteiger partial charge in [-0.3, -0.25) is 9.36 Å². The number of aromatic nitrogens is 4. The second kappa shape index (κ2) is 4.45. The van der Waals surface area contributed by atoms with Crippen molar-refractivity contribution >= 4 is 0 Å². The Balaban J connectivity index is 2.28. The van der Waals surface area contributed by atoms with Crippen LogP contribution in [0.4, 0.5) is 13.2 Å². The number of alkyl halides is 3. The third-order valence-electron chi connectivity index (χ3n) is 2.43. The van der Waals surface area contributed by atoms with Crippen molar-refractivity contribution in [2.75, 3.05) is 0 Å². The maximum atomic E-state index is 12.7. The Hall–Kier alpha value is -1.83. The van der Waals surface area contributed by atoms with Gasteiger partial charge in [0, 0.05) is 37.1 Å². The lowest BCUT2D eigenvalue weighted by molar-refractivity contribution is -0.142. The van der Waals surface area contributed by atoms with E-state index in [1.165, 1.54) is 24.1 Å². The smallest absolute Gasteiger partial charge is 0.326 e. The van der Waals surface area contributed by atoms with Gasteiger partial charge in [-0.1, -0.05) is 0 Å². The van der Waals surface area contributed by atoms with E-state index in [0.29, 0.717) is 6.54 Å². The van der Waals surface area contributed by atoms with Crippen LogP contribution in [0.1, 0.15) is 16.8 Å². The van der Waals surface area contributed by atoms with Crippen LogP contribution in [0.15, 0.2) is 18.6 Å². The van der Waals surface area contributed by atoms with Crippen LogP contribution >= 0.6 is 0 Å². The van der Waals surface area contributed by atoms with Crippen molar-refractivity contribution in [3.05, 3.63) is 35.4 Å². The van der Waals surface area contributed by atoms with Crippen molar-refractivity contribution in [1.82, 2.24) is 19.6 Å². The SMILES string of the molecule is Cn1cc(Cn2cc(CN)cn2)c(C(F)(F)F)n1. The lowest BCUT2D eigenvalue weighted by Crippen LogP contribution is -2.11. The molecule has 0 aliphatic carbocycles. The van der Waals surface area contributed by atoms with Crippen molar-refractivity contribution in [2.24, 2.45) is 12.8 Å². The molecule has 2 aromatic rings. The lowest BCUT2D eigenvalue weighted by atomic mass is 10.2. The molecular formula is C10H12F3N5. The zero-order valence-electron chi connectivity index (χ0n) is 9.65. The molecule has 0 aliphatic rings. The highest BCUT2D eigenvalue weighted by molar-refractivity contribution is 5.20. The van der Waals surface area contributed by atoms with Crippen LogP contribution in [-0.4, -0.2) is 19.6 Å². The summed E-state index contributed by atoms with van der Waals surface area (Å²) in [5, 5.41) is 7.38. The van der Waals surface area contributed by atoms with E-state index in [-0.39, 0.29) is 12.1 Å². The van der Waals surface area contributed by atoms with Crippen LogP contribution in [0.2, 0.25) is 0 Å². The first kappa shape index (κ1) is 12.6. The zero-order valence-corrected chi connectivity index (χ0v) is 9.65. The number of hydrogen-bond acceptors (Lipinski definition) is 3. The van der Waals surface area contributed by atoms with Gasteiger partial charge in [0.05, 0.1) is 12.7 Å². The Morgan fingerprint density at radius 3 is 2.61 bits per heavy atom. The van der Waals surface area contributed by atoms with Crippen molar-refractivity contribution in [3.63, 3.8) is 0 Å². The summed E-state index contributed by atoms with van der Waals surface area (Å²) in [7, 11) is 1.45. The molecule has 0 bridgehead atoms. The Labute approximate surface area is 101 Å². The van der Waals surface area contributed by atoms with Gasteiger partial charge in [0.15, 0.2) is 5.69 Å². The van der Waals surface area contributed by atoms with Gasteiger partial charge in [0.25, 0.3) is 0 Å². The molecule has 0 saturated carbocycles. The predicted octanol–water partition coefficient (Wildman–Crippen LogP) is 1.14. The third kappa shape index (κ3) is 2.53. The molecule has 8 heteroatoms. The fraction of sp³-hybridized carbons (Fsp3) is 0.400. The molecule has 18 heavy (non-hydrogen) atoms. The number of nitrogens with two attached hydrogens (primary N) is 1. The molecular weight excluding hydrogens is 247 g/mol. The Morgan fingerprint density at radius 2 is 2.06 bits per heavy atom. The number of aryl methyl sites for hydroxylation is 1. The van der Waals surface area contributed by atoms with Gasteiger partial charge in [-0.25, -0.2) is 0 Å². The number of nitrogens with zero attached hydrogens (tertiary/aromatic N) is 4. The van der Waals surface area contributed by atoms with Crippen LogP contribution in [0.25, 0.3) is 0 Å². The largest absolute Gasteiger partial charge is 0.435 e. The molecule has 0 atom stereocenters. The van der Waals surface area contributed by atoms with Gasteiger partial charge in [0.2, 0.25) is 0 Å². The standard InChI is InChI=1S/C10H12F3N5/c1-17-5-8(9(16-17)10(11,12)13)6-18-4-7(2-14)3-15-18/h3-5H,2,6,14H2,1H3. The summed E-state index contributed by atoms with van der Waals surface area (Å²) in [5.41, 5.74) is 5.38. The van der Waals surface area contributed by atoms with E-state index < -0.39 is 11.9 Å². The molecule has 0 amide bonds. The molecule has 98 valence electrons. The van der Waals surface area contributed by atoms with Crippen LogP contribution in [0, 0.1) is 0 Å². The molecule has 0 aromatic carbocycles. The van der Waals surface area contributed by atoms with E-state index in [4.69, 9.17) is 5.73 Å². The van der Waals surface area contributed by atoms with Gasteiger partial charge in [-0.05, 0) is 0 Å². The summed E-state index contributed by atoms with van der Waals surface area (Å²) in [6.07, 6.45) is 0.0316. The molecule has 0 radical (unpaired) electrons. The van der Waals surface area contributed by atoms with E-state index in [2.05, 4.69) is 10.2 Å². The van der Waals surface area contributed by atoms with E-state index in [1.807, 2.05) is 0 Å². The molecule has 0 aliphatic heterocycles. The molecule has 5 nitrogen and oxygen atoms in total. The minimum absolute atomic E-state index is 0.0166. The Kier molecular flexibility index (Phi) is 3.12. The summed E-state index contributed by atoms with van der Waals surface area (Å²) in [4.78, 5) is 0. The number of hydrogen-bond donors (Lipinski definition) is 1. The monoisotopic (exact) mass is 259 g/mol. The molecule has 0 saturated heterocycles. The summed E-state index contributed by atoms with van der Waals surface area (Å²) in [6.45, 7) is 0.321. The fourth-order valence-corrected chi connectivity index (χ4v) is 1.66. The van der Waals surface area contributed by atoms with Gasteiger partial charge in [-0.2, -0.15) is 23.4 Å². The van der Waals surface area contributed by atoms with Crippen LogP contribution in [-0.2, 0) is 26.3 Å². The topological polar surface area (TPSA) is 61.7 Å². The maximum absolute atomic E-state index is 12.7. The summed E-state index contributed by atoms with van der Waals surface area (Å²) in [6, 6.07) is 0. The van der Waals surface area contributed by atoms with Crippen LogP contribution < -0.4 is 5.73 Å². The second-order valence-electron chi connectivity index (χ2n) is 3.92. The number of rotatable bonds is 3. The van der Waals surface area contributed by atoms with E-state index >= 15 is 0 Å². The molecule has 0 fully saturated rings. The molecule has 2 N–H and O–H groups in total. The third-order valence-corrected chi connectivity index (χ3v) is 2.43. The zero-order chi connectivity index (χ0) is 13.3. The van der Waals surface area contributed by atoms with Gasteiger partial charge < -0.3 is 5.73 Å². The molecule has 0 spiro atoms. The minimum atomic E-state index is -4.46. The highest BCUT2D eigenvalue weighted by atomic mass is 19.4. The lowest BCUT2D eigenvalue weighted by Gasteiger charge is -2.05. The first-order chi connectivity index (χ1) is 8.40. The van der Waals surface area contributed by atoms with E-state index in [1.54, 1.807) is 6.20 Å². The second-order valence-corrected chi connectivity index (χ2v) is 3.92. The molecule has 0 unspecified atom stereocenters. The van der Waals surface area contributed by atoms with Crippen LogP contribution in [0.3, 0.4) is 0 Å². The van der Waals surface area contributed by atoms with E-state index in [9.17, 15) is 13.2 Å². The summed E-state index contributed by atoms with van der Waals surface area (Å²) < 4.78 is 40.7. The fourth-order valence-electron chi connectivity index (χ4n) is 1.66. The van der Waals surface area contributed by atoms with Crippen LogP contribution in [0.5, 0.6) is 0 Å². The molecule has 2 rings (SSSR count). The normalized spacial score (nSPS) is 12.1. The minimum Gasteiger partial charge on any atom is -0.326 e. The first-order valence-electron chi connectivity index (χ1n) is 5.21. The first-order valence-corrected chi connectivity index (χ1v) is 5.21. The average Bonchev–Trinajstić information content (AvgIpc) is 2.85. The average molecular weight is 259 g/mol. The highest BCUT2D eigenvalue weighted by Crippen LogP contribution is 2.30. The molecule has 2 aromatic heterocycles. The van der Waals surface area contributed by atoms with Crippen molar-refractivity contribution in [2.45, 2.75) is 19.3 Å². The summed E-state index contributed by atoms with van der Waals surface area (Å²) in [5.74, 6) is 0. The molecule has 2 heterocycles. The Bertz CT molecular complexity index is 540. The van der Waals surface area contributed by atoms with Gasteiger partial charge >= 0.3 is 6.18 Å². The highest BCUT2D eigenvalue weighted by Gasteiger charge is 2.36. The maximum Gasteiger partial charge on any atom is 0.435 e. The number of halogens is 3. The Morgan fingerprint density at radius 1 is 1.33 bits per heavy atom.